The summed E-state index contributed by atoms with van der Waals surface area (Å²) in [5, 5.41) is 12.0. The van der Waals surface area contributed by atoms with E-state index in [9.17, 15) is 13.2 Å². The molecule has 0 aliphatic carbocycles. The lowest BCUT2D eigenvalue weighted by Crippen LogP contribution is -2.33. The van der Waals surface area contributed by atoms with E-state index in [1.165, 1.54) is 23.1 Å². The lowest BCUT2D eigenvalue weighted by atomic mass is 10.1. The number of hydrogen-bond acceptors (Lipinski definition) is 3. The zero-order valence-corrected chi connectivity index (χ0v) is 10.9. The highest BCUT2D eigenvalue weighted by molar-refractivity contribution is 5.54. The first-order valence-electron chi connectivity index (χ1n) is 6.21. The van der Waals surface area contributed by atoms with E-state index in [2.05, 4.69) is 5.32 Å². The molecule has 0 saturated carbocycles. The van der Waals surface area contributed by atoms with Gasteiger partial charge in [-0.3, -0.25) is 0 Å². The van der Waals surface area contributed by atoms with Crippen LogP contribution in [0.1, 0.15) is 12.5 Å². The molecule has 0 heterocycles. The van der Waals surface area contributed by atoms with Crippen LogP contribution in [0.5, 0.6) is 0 Å². The third-order valence-electron chi connectivity index (χ3n) is 2.68. The molecule has 1 rings (SSSR count). The van der Waals surface area contributed by atoms with Crippen LogP contribution in [-0.4, -0.2) is 37.8 Å². The number of aliphatic hydroxyl groups excluding tert-OH is 1. The van der Waals surface area contributed by atoms with Crippen molar-refractivity contribution < 1.29 is 18.3 Å². The highest BCUT2D eigenvalue weighted by atomic mass is 19.3. The maximum absolute atomic E-state index is 13.2. The van der Waals surface area contributed by atoms with Gasteiger partial charge in [-0.1, -0.05) is 6.92 Å². The summed E-state index contributed by atoms with van der Waals surface area (Å²) in [5.74, 6) is -0.405. The number of benzene rings is 1. The van der Waals surface area contributed by atoms with E-state index in [1.807, 2.05) is 6.92 Å². The van der Waals surface area contributed by atoms with Crippen molar-refractivity contribution in [2.75, 3.05) is 31.1 Å². The van der Waals surface area contributed by atoms with Crippen molar-refractivity contribution in [2.24, 2.45) is 0 Å². The minimum atomic E-state index is -2.51. The van der Waals surface area contributed by atoms with Gasteiger partial charge in [-0.15, -0.1) is 0 Å². The number of rotatable bonds is 8. The SMILES string of the molecule is CCNCc1cc(F)ccc1N(CCO)CC(F)F. The van der Waals surface area contributed by atoms with Gasteiger partial charge in [0.15, 0.2) is 0 Å². The van der Waals surface area contributed by atoms with Crippen LogP contribution in [0, 0.1) is 5.82 Å². The van der Waals surface area contributed by atoms with Crippen LogP contribution in [-0.2, 0) is 6.54 Å². The fourth-order valence-electron chi connectivity index (χ4n) is 1.86. The summed E-state index contributed by atoms with van der Waals surface area (Å²) in [6, 6.07) is 4.04. The molecule has 0 aliphatic heterocycles. The molecule has 19 heavy (non-hydrogen) atoms. The number of nitrogens with one attached hydrogen (secondary N) is 1. The second-order valence-electron chi connectivity index (χ2n) is 4.11. The summed E-state index contributed by atoms with van der Waals surface area (Å²) >= 11 is 0. The van der Waals surface area contributed by atoms with E-state index in [0.717, 1.165) is 0 Å². The van der Waals surface area contributed by atoms with Crippen LogP contribution in [0.3, 0.4) is 0 Å². The first-order valence-corrected chi connectivity index (χ1v) is 6.21. The molecule has 108 valence electrons. The van der Waals surface area contributed by atoms with Gasteiger partial charge in [0.25, 0.3) is 6.43 Å². The van der Waals surface area contributed by atoms with E-state index in [-0.39, 0.29) is 13.2 Å². The minimum absolute atomic E-state index is 0.0924. The molecule has 0 bridgehead atoms. The maximum Gasteiger partial charge on any atom is 0.255 e. The predicted octanol–water partition coefficient (Wildman–Crippen LogP) is 2.00. The van der Waals surface area contributed by atoms with Crippen LogP contribution in [0.2, 0.25) is 0 Å². The van der Waals surface area contributed by atoms with Gasteiger partial charge in [0.05, 0.1) is 13.2 Å². The second kappa shape index (κ2) is 8.01. The molecule has 0 fully saturated rings. The Balaban J connectivity index is 2.98. The molecular formula is C13H19F3N2O. The Morgan fingerprint density at radius 2 is 2.11 bits per heavy atom. The van der Waals surface area contributed by atoms with Gasteiger partial charge in [-0.25, -0.2) is 13.2 Å². The number of alkyl halides is 2. The zero-order valence-electron chi connectivity index (χ0n) is 10.9. The first-order chi connectivity index (χ1) is 9.08. The number of halogens is 3. The van der Waals surface area contributed by atoms with Crippen LogP contribution in [0.4, 0.5) is 18.9 Å². The molecule has 0 unspecified atom stereocenters. The molecule has 0 atom stereocenters. The molecule has 3 nitrogen and oxygen atoms in total. The van der Waals surface area contributed by atoms with Crippen LogP contribution in [0.25, 0.3) is 0 Å². The molecule has 2 N–H and O–H groups in total. The van der Waals surface area contributed by atoms with Gasteiger partial charge in [-0.2, -0.15) is 0 Å². The van der Waals surface area contributed by atoms with Crippen molar-refractivity contribution in [1.82, 2.24) is 5.32 Å². The van der Waals surface area contributed by atoms with E-state index in [1.54, 1.807) is 0 Å². The summed E-state index contributed by atoms with van der Waals surface area (Å²) in [4.78, 5) is 1.37. The fourth-order valence-corrected chi connectivity index (χ4v) is 1.86. The highest BCUT2D eigenvalue weighted by Crippen LogP contribution is 2.22. The highest BCUT2D eigenvalue weighted by Gasteiger charge is 2.16. The van der Waals surface area contributed by atoms with Crippen molar-refractivity contribution in [3.05, 3.63) is 29.6 Å². The average molecular weight is 276 g/mol. The van der Waals surface area contributed by atoms with Gasteiger partial charge in [0, 0.05) is 18.8 Å². The standard InChI is InChI=1S/C13H19F3N2O/c1-2-17-8-10-7-11(14)3-4-12(10)18(5-6-19)9-13(15)16/h3-4,7,13,17,19H,2,5-6,8-9H2,1H3. The number of aliphatic hydroxyl groups is 1. The maximum atomic E-state index is 13.2. The summed E-state index contributed by atoms with van der Waals surface area (Å²) in [7, 11) is 0. The van der Waals surface area contributed by atoms with E-state index < -0.39 is 18.8 Å². The monoisotopic (exact) mass is 276 g/mol. The summed E-state index contributed by atoms with van der Waals surface area (Å²) < 4.78 is 38.3. The molecule has 0 aliphatic rings. The minimum Gasteiger partial charge on any atom is -0.395 e. The lowest BCUT2D eigenvalue weighted by Gasteiger charge is -2.26. The van der Waals surface area contributed by atoms with E-state index in [0.29, 0.717) is 24.3 Å². The summed E-state index contributed by atoms with van der Waals surface area (Å²) in [6.45, 7) is 2.38. The van der Waals surface area contributed by atoms with Crippen molar-refractivity contribution in [2.45, 2.75) is 19.9 Å². The molecule has 0 saturated heterocycles. The number of nitrogens with zero attached hydrogens (tertiary/aromatic N) is 1. The largest absolute Gasteiger partial charge is 0.395 e. The molecular weight excluding hydrogens is 257 g/mol. The first kappa shape index (κ1) is 15.8. The molecule has 0 aromatic heterocycles. The summed E-state index contributed by atoms with van der Waals surface area (Å²) in [5.41, 5.74) is 1.13. The van der Waals surface area contributed by atoms with Crippen LogP contribution >= 0.6 is 0 Å². The Bertz CT molecular complexity index is 388. The third-order valence-corrected chi connectivity index (χ3v) is 2.68. The van der Waals surface area contributed by atoms with Gasteiger partial charge in [0.2, 0.25) is 0 Å². The molecule has 1 aromatic rings. The Morgan fingerprint density at radius 1 is 1.37 bits per heavy atom. The average Bonchev–Trinajstić information content (AvgIpc) is 2.35. The molecule has 6 heteroatoms. The lowest BCUT2D eigenvalue weighted by molar-refractivity contribution is 0.152. The van der Waals surface area contributed by atoms with Crippen LogP contribution in [0.15, 0.2) is 18.2 Å². The third kappa shape index (κ3) is 5.08. The molecule has 0 radical (unpaired) electrons. The van der Waals surface area contributed by atoms with Gasteiger partial charge in [0.1, 0.15) is 5.82 Å². The van der Waals surface area contributed by atoms with E-state index in [4.69, 9.17) is 5.11 Å². The van der Waals surface area contributed by atoms with Crippen LogP contribution < -0.4 is 10.2 Å². The molecule has 0 amide bonds. The predicted molar refractivity (Wildman–Crippen MR) is 69.1 cm³/mol. The topological polar surface area (TPSA) is 35.5 Å². The van der Waals surface area contributed by atoms with Crippen molar-refractivity contribution in [3.8, 4) is 0 Å². The Hall–Kier alpha value is -1.27. The quantitative estimate of drug-likeness (QED) is 0.762. The fraction of sp³-hybridized carbons (Fsp3) is 0.538. The zero-order chi connectivity index (χ0) is 14.3. The smallest absolute Gasteiger partial charge is 0.255 e. The molecule has 0 spiro atoms. The summed E-state index contributed by atoms with van der Waals surface area (Å²) in [6.07, 6.45) is -2.51. The molecule has 1 aromatic carbocycles. The van der Waals surface area contributed by atoms with E-state index >= 15 is 0 Å². The van der Waals surface area contributed by atoms with Crippen molar-refractivity contribution >= 4 is 5.69 Å². The van der Waals surface area contributed by atoms with Gasteiger partial charge in [-0.05, 0) is 30.3 Å². The second-order valence-corrected chi connectivity index (χ2v) is 4.11. The Morgan fingerprint density at radius 3 is 2.68 bits per heavy atom. The normalized spacial score (nSPS) is 11.1. The number of hydrogen-bond donors (Lipinski definition) is 2. The van der Waals surface area contributed by atoms with Gasteiger partial charge < -0.3 is 15.3 Å². The van der Waals surface area contributed by atoms with Crippen molar-refractivity contribution in [1.29, 1.82) is 0 Å². The Labute approximate surface area is 111 Å². The van der Waals surface area contributed by atoms with Crippen molar-refractivity contribution in [3.63, 3.8) is 0 Å². The van der Waals surface area contributed by atoms with Gasteiger partial charge >= 0.3 is 0 Å². The Kier molecular flexibility index (Phi) is 6.66. The number of anilines is 1.